The number of carboxylic acid groups (broad SMARTS) is 1. The second-order valence-electron chi connectivity index (χ2n) is 7.31. The van der Waals surface area contributed by atoms with Gasteiger partial charge in [0.15, 0.2) is 0 Å². The molecule has 0 unspecified atom stereocenters. The zero-order chi connectivity index (χ0) is 21.1. The van der Waals surface area contributed by atoms with Gasteiger partial charge in [0, 0.05) is 29.2 Å². The van der Waals surface area contributed by atoms with Gasteiger partial charge < -0.3 is 15.0 Å². The first-order chi connectivity index (χ1) is 14.5. The van der Waals surface area contributed by atoms with Gasteiger partial charge >= 0.3 is 5.97 Å². The third kappa shape index (κ3) is 4.19. The summed E-state index contributed by atoms with van der Waals surface area (Å²) in [4.78, 5) is 11.9. The van der Waals surface area contributed by atoms with Crippen LogP contribution in [0.25, 0.3) is 10.9 Å². The predicted octanol–water partition coefficient (Wildman–Crippen LogP) is 6.22. The Bertz CT molecular complexity index is 1200. The fourth-order valence-corrected chi connectivity index (χ4v) is 3.91. The average Bonchev–Trinajstić information content (AvgIpc) is 3.12. The quantitative estimate of drug-likeness (QED) is 0.374. The number of anilines is 1. The van der Waals surface area contributed by atoms with Crippen LogP contribution in [-0.2, 0) is 19.5 Å². The maximum absolute atomic E-state index is 11.9. The van der Waals surface area contributed by atoms with Crippen LogP contribution >= 0.6 is 11.6 Å². The van der Waals surface area contributed by atoms with Crippen molar-refractivity contribution < 1.29 is 9.90 Å². The van der Waals surface area contributed by atoms with Crippen molar-refractivity contribution in [3.05, 3.63) is 100 Å². The van der Waals surface area contributed by atoms with Crippen LogP contribution in [0.3, 0.4) is 0 Å². The third-order valence-electron chi connectivity index (χ3n) is 5.31. The number of nitrogens with one attached hydrogen (secondary N) is 1. The lowest BCUT2D eigenvalue weighted by Crippen LogP contribution is -2.09. The van der Waals surface area contributed by atoms with Gasteiger partial charge in [0.05, 0.1) is 5.52 Å². The van der Waals surface area contributed by atoms with Crippen molar-refractivity contribution in [3.63, 3.8) is 0 Å². The summed E-state index contributed by atoms with van der Waals surface area (Å²) in [7, 11) is 0. The molecule has 3 aromatic carbocycles. The van der Waals surface area contributed by atoms with E-state index in [1.165, 1.54) is 11.1 Å². The number of rotatable bonds is 7. The molecule has 5 heteroatoms. The molecule has 2 N–H and O–H groups in total. The van der Waals surface area contributed by atoms with E-state index >= 15 is 0 Å². The zero-order valence-electron chi connectivity index (χ0n) is 16.7. The molecule has 30 heavy (non-hydrogen) atoms. The normalized spacial score (nSPS) is 11.0. The predicted molar refractivity (Wildman–Crippen MR) is 123 cm³/mol. The molecule has 0 aliphatic carbocycles. The highest BCUT2D eigenvalue weighted by molar-refractivity contribution is 6.30. The summed E-state index contributed by atoms with van der Waals surface area (Å²) in [5.74, 6) is -0.950. The van der Waals surface area contributed by atoms with Gasteiger partial charge in [-0.25, -0.2) is 4.79 Å². The van der Waals surface area contributed by atoms with Crippen LogP contribution in [0.1, 0.15) is 34.1 Å². The molecular weight excluding hydrogens is 396 g/mol. The fourth-order valence-electron chi connectivity index (χ4n) is 3.69. The molecule has 0 saturated heterocycles. The number of halogens is 1. The Morgan fingerprint density at radius 1 is 0.967 bits per heavy atom. The molecule has 0 saturated carbocycles. The summed E-state index contributed by atoms with van der Waals surface area (Å²) in [6.07, 6.45) is 1.02. The Kier molecular flexibility index (Phi) is 5.77. The van der Waals surface area contributed by atoms with Crippen LogP contribution in [0.4, 0.5) is 5.69 Å². The summed E-state index contributed by atoms with van der Waals surface area (Å²) in [5, 5.41) is 14.8. The van der Waals surface area contributed by atoms with Gasteiger partial charge in [-0.15, -0.1) is 0 Å². The van der Waals surface area contributed by atoms with Gasteiger partial charge in [-0.1, -0.05) is 61.0 Å². The molecule has 4 rings (SSSR count). The molecule has 0 fully saturated rings. The number of hydrogen-bond donors (Lipinski definition) is 2. The van der Waals surface area contributed by atoms with Gasteiger partial charge in [-0.3, -0.25) is 0 Å². The molecule has 0 bridgehead atoms. The van der Waals surface area contributed by atoms with E-state index < -0.39 is 5.97 Å². The Morgan fingerprint density at radius 2 is 1.70 bits per heavy atom. The Labute approximate surface area is 180 Å². The first kappa shape index (κ1) is 20.0. The van der Waals surface area contributed by atoms with Crippen LogP contribution in [0.15, 0.2) is 72.8 Å². The van der Waals surface area contributed by atoms with Gasteiger partial charge in [-0.05, 0) is 53.4 Å². The number of nitrogens with zero attached hydrogens (tertiary/aromatic N) is 1. The average molecular weight is 419 g/mol. The first-order valence-electron chi connectivity index (χ1n) is 9.97. The van der Waals surface area contributed by atoms with Gasteiger partial charge in [0.1, 0.15) is 5.69 Å². The molecule has 0 radical (unpaired) electrons. The Morgan fingerprint density at radius 3 is 2.40 bits per heavy atom. The van der Waals surface area contributed by atoms with Gasteiger partial charge in [0.25, 0.3) is 0 Å². The Hall–Kier alpha value is -3.24. The number of aryl methyl sites for hydroxylation is 1. The lowest BCUT2D eigenvalue weighted by Gasteiger charge is -2.11. The number of benzene rings is 3. The van der Waals surface area contributed by atoms with Crippen LogP contribution in [0.5, 0.6) is 0 Å². The number of aromatic carboxylic acids is 1. The summed E-state index contributed by atoms with van der Waals surface area (Å²) < 4.78 is 1.82. The summed E-state index contributed by atoms with van der Waals surface area (Å²) in [5.41, 5.74) is 5.49. The monoisotopic (exact) mass is 418 g/mol. The summed E-state index contributed by atoms with van der Waals surface area (Å²) >= 11 is 6.11. The minimum absolute atomic E-state index is 0.256. The summed E-state index contributed by atoms with van der Waals surface area (Å²) in [6.45, 7) is 3.25. The van der Waals surface area contributed by atoms with E-state index in [0.717, 1.165) is 28.6 Å². The van der Waals surface area contributed by atoms with E-state index in [0.29, 0.717) is 18.1 Å². The molecule has 0 spiro atoms. The maximum Gasteiger partial charge on any atom is 0.352 e. The smallest absolute Gasteiger partial charge is 0.352 e. The number of hydrogen-bond acceptors (Lipinski definition) is 2. The second-order valence-corrected chi connectivity index (χ2v) is 7.75. The van der Waals surface area contributed by atoms with Crippen molar-refractivity contribution >= 4 is 34.2 Å². The van der Waals surface area contributed by atoms with E-state index in [1.807, 2.05) is 47.0 Å². The van der Waals surface area contributed by atoms with Crippen LogP contribution in [0, 0.1) is 0 Å². The van der Waals surface area contributed by atoms with Crippen molar-refractivity contribution in [2.24, 2.45) is 0 Å². The van der Waals surface area contributed by atoms with E-state index in [4.69, 9.17) is 11.6 Å². The maximum atomic E-state index is 11.9. The minimum atomic E-state index is -0.950. The van der Waals surface area contributed by atoms with E-state index in [1.54, 1.807) is 6.07 Å². The van der Waals surface area contributed by atoms with Gasteiger partial charge in [0.2, 0.25) is 0 Å². The number of carboxylic acids is 1. The number of fused-ring (bicyclic) bond motifs is 1. The lowest BCUT2D eigenvalue weighted by molar-refractivity contribution is 0.0686. The van der Waals surface area contributed by atoms with E-state index in [9.17, 15) is 9.90 Å². The van der Waals surface area contributed by atoms with E-state index in [-0.39, 0.29) is 5.69 Å². The standard InChI is InChI=1S/C25H23ClN2O2/c1-2-17-9-11-18(12-10-17)15-27-22-7-4-8-23-21(22)14-24(25(29)30)28(23)16-19-5-3-6-20(26)13-19/h3-14,27H,2,15-16H2,1H3,(H,29,30). The fraction of sp³-hybridized carbons (Fsp3) is 0.160. The number of carbonyl (C=O) groups is 1. The van der Waals surface area contributed by atoms with Crippen molar-refractivity contribution in [2.45, 2.75) is 26.4 Å². The second kappa shape index (κ2) is 8.64. The molecule has 0 aliphatic heterocycles. The Balaban J connectivity index is 1.67. The largest absolute Gasteiger partial charge is 0.477 e. The molecule has 0 amide bonds. The molecule has 4 aromatic rings. The molecule has 1 aromatic heterocycles. The number of aromatic nitrogens is 1. The van der Waals surface area contributed by atoms with Crippen LogP contribution < -0.4 is 5.32 Å². The van der Waals surface area contributed by atoms with Crippen molar-refractivity contribution in [2.75, 3.05) is 5.32 Å². The molecule has 4 nitrogen and oxygen atoms in total. The third-order valence-corrected chi connectivity index (χ3v) is 5.54. The first-order valence-corrected chi connectivity index (χ1v) is 10.3. The van der Waals surface area contributed by atoms with Crippen LogP contribution in [0.2, 0.25) is 5.02 Å². The molecule has 152 valence electrons. The summed E-state index contributed by atoms with van der Waals surface area (Å²) in [6, 6.07) is 23.7. The van der Waals surface area contributed by atoms with Crippen LogP contribution in [-0.4, -0.2) is 15.6 Å². The molecular formula is C25H23ClN2O2. The highest BCUT2D eigenvalue weighted by Gasteiger charge is 2.17. The van der Waals surface area contributed by atoms with Crippen molar-refractivity contribution in [3.8, 4) is 0 Å². The van der Waals surface area contributed by atoms with Crippen molar-refractivity contribution in [1.82, 2.24) is 4.57 Å². The molecule has 1 heterocycles. The van der Waals surface area contributed by atoms with Crippen molar-refractivity contribution in [1.29, 1.82) is 0 Å². The highest BCUT2D eigenvalue weighted by Crippen LogP contribution is 2.29. The van der Waals surface area contributed by atoms with E-state index in [2.05, 4.69) is 36.5 Å². The zero-order valence-corrected chi connectivity index (χ0v) is 17.5. The topological polar surface area (TPSA) is 54.3 Å². The SMILES string of the molecule is CCc1ccc(CNc2cccc3c2cc(C(=O)O)n3Cc2cccc(Cl)c2)cc1. The molecule has 0 atom stereocenters. The minimum Gasteiger partial charge on any atom is -0.477 e. The molecule has 0 aliphatic rings. The van der Waals surface area contributed by atoms with Gasteiger partial charge in [-0.2, -0.15) is 0 Å². The highest BCUT2D eigenvalue weighted by atomic mass is 35.5. The lowest BCUT2D eigenvalue weighted by atomic mass is 10.1.